The maximum atomic E-state index is 14.7. The maximum absolute atomic E-state index is 14.7. The summed E-state index contributed by atoms with van der Waals surface area (Å²) in [6.45, 7) is 22.4. The van der Waals surface area contributed by atoms with Crippen molar-refractivity contribution < 1.29 is 28.5 Å². The van der Waals surface area contributed by atoms with Crippen LogP contribution in [0, 0.1) is 5.92 Å². The lowest BCUT2D eigenvalue weighted by Gasteiger charge is -2.33. The molecule has 54 heavy (non-hydrogen) atoms. The number of aliphatic carboxylic acids is 1. The van der Waals surface area contributed by atoms with Crippen molar-refractivity contribution in [3.63, 3.8) is 0 Å². The molecule has 13 heteroatoms. The SMILES string of the molecule is C=C(OCC)c1c(C2CCC(C(F)C(=O)O)CC2)nc2c(-c3ccc(-c4ccccc4)nc3)cnn2c1N(COCC[Si](C)(C)C)COCC[Si](C)(C)C. The van der Waals surface area contributed by atoms with Gasteiger partial charge in [-0.15, -0.1) is 0 Å². The molecule has 0 bridgehead atoms. The minimum absolute atomic E-state index is 0.0954. The molecule has 1 atom stereocenters. The van der Waals surface area contributed by atoms with Gasteiger partial charge in [-0.25, -0.2) is 14.2 Å². The van der Waals surface area contributed by atoms with E-state index in [2.05, 4.69) is 50.8 Å². The van der Waals surface area contributed by atoms with Gasteiger partial charge in [0, 0.05) is 64.1 Å². The first kappa shape index (κ1) is 41.3. The Morgan fingerprint density at radius 1 is 0.944 bits per heavy atom. The summed E-state index contributed by atoms with van der Waals surface area (Å²) in [6, 6.07) is 16.1. The number of carbonyl (C=O) groups is 1. The minimum Gasteiger partial charge on any atom is -0.494 e. The van der Waals surface area contributed by atoms with Gasteiger partial charge in [-0.1, -0.05) is 82.3 Å². The van der Waals surface area contributed by atoms with Crippen LogP contribution < -0.4 is 4.90 Å². The highest BCUT2D eigenvalue weighted by Crippen LogP contribution is 2.43. The van der Waals surface area contributed by atoms with Crippen molar-refractivity contribution in [3.8, 4) is 22.4 Å². The highest BCUT2D eigenvalue weighted by atomic mass is 28.3. The van der Waals surface area contributed by atoms with Crippen LogP contribution in [-0.2, 0) is 19.0 Å². The number of carboxylic acids is 1. The van der Waals surface area contributed by atoms with Crippen molar-refractivity contribution in [1.82, 2.24) is 19.6 Å². The van der Waals surface area contributed by atoms with Crippen LogP contribution in [0.2, 0.25) is 51.4 Å². The van der Waals surface area contributed by atoms with Gasteiger partial charge in [0.2, 0.25) is 0 Å². The van der Waals surface area contributed by atoms with Crippen LogP contribution in [-0.4, -0.2) is 86.3 Å². The Morgan fingerprint density at radius 3 is 2.11 bits per heavy atom. The molecule has 4 aromatic rings. The van der Waals surface area contributed by atoms with Crippen molar-refractivity contribution >= 4 is 39.3 Å². The number of ether oxygens (including phenoxy) is 3. The standard InChI is InChI=1S/C41H58FN5O5Si2/c1-9-52-29(2)36-38(32-17-15-31(16-18-32)37(42)41(48)49)45-39-34(33-19-20-35(43-25-33)30-13-11-10-12-14-30)26-44-47(39)40(36)46(27-50-21-23-53(3,4)5)28-51-22-24-54(6,7)8/h10-14,19-20,25-26,31-32,37H,2,9,15-18,21-24,27-28H2,1,3-8H3,(H,48,49). The molecule has 5 rings (SSSR count). The van der Waals surface area contributed by atoms with Gasteiger partial charge >= 0.3 is 5.97 Å². The van der Waals surface area contributed by atoms with Crippen LogP contribution in [0.15, 0.2) is 61.4 Å². The lowest BCUT2D eigenvalue weighted by molar-refractivity contribution is -0.145. The zero-order chi connectivity index (χ0) is 39.0. The third-order valence-corrected chi connectivity index (χ3v) is 13.4. The topological polar surface area (TPSA) is 111 Å². The molecule has 1 N–H and O–H groups in total. The number of carboxylic acid groups (broad SMARTS) is 1. The van der Waals surface area contributed by atoms with Gasteiger partial charge in [0.05, 0.1) is 29.8 Å². The Balaban J connectivity index is 1.65. The summed E-state index contributed by atoms with van der Waals surface area (Å²) in [5.41, 5.74) is 5.66. The molecule has 0 radical (unpaired) electrons. The second-order valence-corrected chi connectivity index (χ2v) is 28.0. The van der Waals surface area contributed by atoms with E-state index in [1.165, 1.54) is 0 Å². The van der Waals surface area contributed by atoms with E-state index in [1.807, 2.05) is 66.3 Å². The van der Waals surface area contributed by atoms with Gasteiger partial charge in [0.25, 0.3) is 0 Å². The first-order valence-corrected chi connectivity index (χ1v) is 26.6. The summed E-state index contributed by atoms with van der Waals surface area (Å²) < 4.78 is 35.5. The quantitative estimate of drug-likeness (QED) is 0.0431. The summed E-state index contributed by atoms with van der Waals surface area (Å²) in [6.07, 6.45) is 3.79. The molecule has 0 saturated heterocycles. The van der Waals surface area contributed by atoms with Crippen molar-refractivity contribution in [2.75, 3.05) is 38.2 Å². The average molecular weight is 776 g/mol. The van der Waals surface area contributed by atoms with Crippen LogP contribution in [0.1, 0.15) is 49.8 Å². The van der Waals surface area contributed by atoms with Gasteiger partial charge in [0.1, 0.15) is 25.0 Å². The van der Waals surface area contributed by atoms with Gasteiger partial charge in [-0.3, -0.25) is 4.98 Å². The molecule has 0 aliphatic heterocycles. The molecule has 1 fully saturated rings. The number of nitrogens with zero attached hydrogens (tertiary/aromatic N) is 5. The molecule has 0 spiro atoms. The molecule has 1 aliphatic carbocycles. The number of alkyl halides is 1. The van der Waals surface area contributed by atoms with Crippen molar-refractivity contribution in [2.45, 2.75) is 96.1 Å². The third kappa shape index (κ3) is 10.6. The molecule has 1 unspecified atom stereocenters. The molecule has 292 valence electrons. The number of pyridine rings is 1. The maximum Gasteiger partial charge on any atom is 0.338 e. The molecule has 10 nitrogen and oxygen atoms in total. The molecule has 1 saturated carbocycles. The van der Waals surface area contributed by atoms with Gasteiger partial charge in [-0.2, -0.15) is 9.61 Å². The molecule has 1 aliphatic rings. The third-order valence-electron chi connectivity index (χ3n) is 9.99. The van der Waals surface area contributed by atoms with Crippen LogP contribution in [0.4, 0.5) is 10.2 Å². The fourth-order valence-corrected chi connectivity index (χ4v) is 8.30. The largest absolute Gasteiger partial charge is 0.494 e. The predicted octanol–water partition coefficient (Wildman–Crippen LogP) is 9.59. The Hall–Kier alpha value is -3.92. The number of rotatable bonds is 19. The molecule has 3 aromatic heterocycles. The zero-order valence-corrected chi connectivity index (χ0v) is 35.1. The van der Waals surface area contributed by atoms with E-state index in [-0.39, 0.29) is 19.4 Å². The Bertz CT molecular complexity index is 1830. The molecule has 1 aromatic carbocycles. The highest BCUT2D eigenvalue weighted by molar-refractivity contribution is 6.76. The summed E-state index contributed by atoms with van der Waals surface area (Å²) in [5.74, 6) is -0.891. The van der Waals surface area contributed by atoms with E-state index in [1.54, 1.807) is 0 Å². The normalized spacial score (nSPS) is 17.0. The summed E-state index contributed by atoms with van der Waals surface area (Å²) >= 11 is 0. The first-order chi connectivity index (χ1) is 25.7. The van der Waals surface area contributed by atoms with Crippen molar-refractivity contribution in [2.24, 2.45) is 5.92 Å². The molecule has 0 amide bonds. The minimum atomic E-state index is -1.89. The van der Waals surface area contributed by atoms with E-state index in [4.69, 9.17) is 29.3 Å². The highest BCUT2D eigenvalue weighted by Gasteiger charge is 2.36. The lowest BCUT2D eigenvalue weighted by Crippen LogP contribution is -2.35. The summed E-state index contributed by atoms with van der Waals surface area (Å²) in [7, 11) is -2.72. The van der Waals surface area contributed by atoms with Crippen LogP contribution in [0.25, 0.3) is 33.8 Å². The monoisotopic (exact) mass is 775 g/mol. The van der Waals surface area contributed by atoms with Gasteiger partial charge in [0.15, 0.2) is 11.8 Å². The number of anilines is 1. The number of hydrogen-bond donors (Lipinski definition) is 1. The van der Waals surface area contributed by atoms with E-state index in [0.717, 1.165) is 40.2 Å². The fourth-order valence-electron chi connectivity index (χ4n) is 6.79. The van der Waals surface area contributed by atoms with Gasteiger partial charge in [-0.05, 0) is 50.8 Å². The number of aromatic nitrogens is 4. The smallest absolute Gasteiger partial charge is 0.338 e. The van der Waals surface area contributed by atoms with Crippen LogP contribution in [0.5, 0.6) is 0 Å². The van der Waals surface area contributed by atoms with E-state index >= 15 is 0 Å². The number of hydrogen-bond acceptors (Lipinski definition) is 8. The zero-order valence-electron chi connectivity index (χ0n) is 33.1. The fraction of sp³-hybridized carbons (Fsp3) is 0.512. The van der Waals surface area contributed by atoms with Gasteiger partial charge < -0.3 is 24.2 Å². The van der Waals surface area contributed by atoms with Crippen molar-refractivity contribution in [3.05, 3.63) is 72.7 Å². The number of halogens is 1. The lowest BCUT2D eigenvalue weighted by atomic mass is 9.77. The predicted molar refractivity (Wildman–Crippen MR) is 220 cm³/mol. The van der Waals surface area contributed by atoms with Crippen molar-refractivity contribution in [1.29, 1.82) is 0 Å². The summed E-state index contributed by atoms with van der Waals surface area (Å²) in [5, 5.41) is 14.4. The van der Waals surface area contributed by atoms with E-state index in [9.17, 15) is 14.3 Å². The van der Waals surface area contributed by atoms with E-state index < -0.39 is 34.2 Å². The molecule has 3 heterocycles. The Labute approximate surface area is 321 Å². The van der Waals surface area contributed by atoms with E-state index in [0.29, 0.717) is 68.3 Å². The second kappa shape index (κ2) is 18.1. The number of benzene rings is 1. The first-order valence-electron chi connectivity index (χ1n) is 19.2. The Morgan fingerprint density at radius 2 is 1.57 bits per heavy atom. The Kier molecular flexibility index (Phi) is 13.9. The van der Waals surface area contributed by atoms with Crippen LogP contribution in [0.3, 0.4) is 0 Å². The molecular weight excluding hydrogens is 718 g/mol. The second-order valence-electron chi connectivity index (χ2n) is 16.7. The average Bonchev–Trinajstić information content (AvgIpc) is 3.57. The molecular formula is C41H58FN5O5Si2. The van der Waals surface area contributed by atoms with Crippen LogP contribution >= 0.6 is 0 Å². The summed E-state index contributed by atoms with van der Waals surface area (Å²) in [4.78, 5) is 23.8. The number of fused-ring (bicyclic) bond motifs is 1.